The van der Waals surface area contributed by atoms with Gasteiger partial charge in [0.05, 0.1) is 5.52 Å². The molecule has 0 aliphatic carbocycles. The highest BCUT2D eigenvalue weighted by atomic mass is 79.9. The molecule has 0 aliphatic rings. The third kappa shape index (κ3) is 2.51. The Hall–Kier alpha value is -1.58. The van der Waals surface area contributed by atoms with Gasteiger partial charge >= 0.3 is 0 Å². The first-order chi connectivity index (χ1) is 9.79. The average Bonchev–Trinajstić information content (AvgIpc) is 2.86. The number of rotatable bonds is 4. The van der Waals surface area contributed by atoms with Crippen LogP contribution in [0.2, 0.25) is 0 Å². The maximum atomic E-state index is 3.63. The fraction of sp³-hybridized carbons (Fsp3) is 0.176. The zero-order chi connectivity index (χ0) is 13.9. The van der Waals surface area contributed by atoms with Crippen LogP contribution in [0.4, 0.5) is 0 Å². The summed E-state index contributed by atoms with van der Waals surface area (Å²) >= 11 is 3.63. The summed E-state index contributed by atoms with van der Waals surface area (Å²) in [5.41, 5.74) is 3.95. The Morgan fingerprint density at radius 1 is 1.00 bits per heavy atom. The minimum absolute atomic E-state index is 0.881. The van der Waals surface area contributed by atoms with Gasteiger partial charge in [-0.1, -0.05) is 52.3 Å². The lowest BCUT2D eigenvalue weighted by molar-refractivity contribution is 0.795. The van der Waals surface area contributed by atoms with Gasteiger partial charge in [0.2, 0.25) is 0 Å². The molecule has 3 rings (SSSR count). The van der Waals surface area contributed by atoms with Crippen LogP contribution in [0.25, 0.3) is 10.9 Å². The van der Waals surface area contributed by atoms with E-state index in [1.165, 1.54) is 22.0 Å². The van der Waals surface area contributed by atoms with E-state index in [4.69, 9.17) is 0 Å². The van der Waals surface area contributed by atoms with Crippen LogP contribution in [-0.2, 0) is 13.1 Å². The molecule has 3 aromatic rings. The number of hydrogen-bond donors (Lipinski definition) is 1. The number of aromatic nitrogens is 1. The zero-order valence-electron chi connectivity index (χ0n) is 11.4. The van der Waals surface area contributed by atoms with Gasteiger partial charge in [0.25, 0.3) is 0 Å². The normalized spacial score (nSPS) is 11.1. The SMILES string of the molecule is CNCc1cccc2ccn(Cc3ccccc3Br)c12. The highest BCUT2D eigenvalue weighted by Gasteiger charge is 2.07. The highest BCUT2D eigenvalue weighted by molar-refractivity contribution is 9.10. The van der Waals surface area contributed by atoms with Crippen LogP contribution in [0.15, 0.2) is 59.2 Å². The van der Waals surface area contributed by atoms with Crippen LogP contribution in [0, 0.1) is 0 Å². The molecular formula is C17H17BrN2. The van der Waals surface area contributed by atoms with Crippen LogP contribution in [-0.4, -0.2) is 11.6 Å². The second-order valence-corrected chi connectivity index (χ2v) is 5.77. The van der Waals surface area contributed by atoms with E-state index in [9.17, 15) is 0 Å². The Bertz CT molecular complexity index is 731. The first kappa shape index (κ1) is 13.4. The number of para-hydroxylation sites is 1. The van der Waals surface area contributed by atoms with Crippen LogP contribution in [0.1, 0.15) is 11.1 Å². The molecule has 0 fully saturated rings. The first-order valence-electron chi connectivity index (χ1n) is 6.74. The van der Waals surface area contributed by atoms with Crippen LogP contribution < -0.4 is 5.32 Å². The molecular weight excluding hydrogens is 312 g/mol. The molecule has 0 amide bonds. The van der Waals surface area contributed by atoms with Gasteiger partial charge in [-0.3, -0.25) is 0 Å². The summed E-state index contributed by atoms with van der Waals surface area (Å²) in [4.78, 5) is 0. The summed E-state index contributed by atoms with van der Waals surface area (Å²) in [6, 6.07) is 17.1. The molecule has 102 valence electrons. The van der Waals surface area contributed by atoms with Gasteiger partial charge in [0.15, 0.2) is 0 Å². The monoisotopic (exact) mass is 328 g/mol. The van der Waals surface area contributed by atoms with Crippen molar-refractivity contribution in [1.82, 2.24) is 9.88 Å². The fourth-order valence-electron chi connectivity index (χ4n) is 2.62. The number of hydrogen-bond acceptors (Lipinski definition) is 1. The molecule has 1 aromatic heterocycles. The summed E-state index contributed by atoms with van der Waals surface area (Å²) in [5, 5.41) is 4.54. The zero-order valence-corrected chi connectivity index (χ0v) is 13.0. The summed E-state index contributed by atoms with van der Waals surface area (Å²) in [6.45, 7) is 1.77. The molecule has 2 nitrogen and oxygen atoms in total. The summed E-state index contributed by atoms with van der Waals surface area (Å²) < 4.78 is 3.48. The molecule has 0 spiro atoms. The Kier molecular flexibility index (Phi) is 3.90. The van der Waals surface area contributed by atoms with Crippen molar-refractivity contribution in [3.63, 3.8) is 0 Å². The third-order valence-corrected chi connectivity index (χ3v) is 4.31. The highest BCUT2D eigenvalue weighted by Crippen LogP contribution is 2.24. The largest absolute Gasteiger partial charge is 0.343 e. The molecule has 1 heterocycles. The van der Waals surface area contributed by atoms with Gasteiger partial charge < -0.3 is 9.88 Å². The van der Waals surface area contributed by atoms with Gasteiger partial charge in [0.1, 0.15) is 0 Å². The number of nitrogens with one attached hydrogen (secondary N) is 1. The van der Waals surface area contributed by atoms with E-state index in [1.54, 1.807) is 0 Å². The van der Waals surface area contributed by atoms with Crippen molar-refractivity contribution >= 4 is 26.8 Å². The molecule has 0 atom stereocenters. The maximum absolute atomic E-state index is 3.63. The molecule has 0 radical (unpaired) electrons. The molecule has 0 bridgehead atoms. The van der Waals surface area contributed by atoms with E-state index in [-0.39, 0.29) is 0 Å². The van der Waals surface area contributed by atoms with E-state index in [2.05, 4.69) is 74.5 Å². The third-order valence-electron chi connectivity index (χ3n) is 3.54. The van der Waals surface area contributed by atoms with Crippen molar-refractivity contribution in [2.24, 2.45) is 0 Å². The number of nitrogens with zero attached hydrogens (tertiary/aromatic N) is 1. The van der Waals surface area contributed by atoms with Gasteiger partial charge in [-0.2, -0.15) is 0 Å². The Labute approximate surface area is 127 Å². The number of fused-ring (bicyclic) bond motifs is 1. The molecule has 0 aliphatic heterocycles. The van der Waals surface area contributed by atoms with E-state index >= 15 is 0 Å². The smallest absolute Gasteiger partial charge is 0.0529 e. The van der Waals surface area contributed by atoms with Gasteiger partial charge in [-0.05, 0) is 35.7 Å². The van der Waals surface area contributed by atoms with Crippen molar-refractivity contribution in [1.29, 1.82) is 0 Å². The Balaban J connectivity index is 2.06. The van der Waals surface area contributed by atoms with Crippen LogP contribution in [0.5, 0.6) is 0 Å². The van der Waals surface area contributed by atoms with Gasteiger partial charge in [0, 0.05) is 23.8 Å². The van der Waals surface area contributed by atoms with Crippen molar-refractivity contribution in [2.75, 3.05) is 7.05 Å². The summed E-state index contributed by atoms with van der Waals surface area (Å²) in [7, 11) is 1.99. The lowest BCUT2D eigenvalue weighted by Crippen LogP contribution is -2.08. The number of benzene rings is 2. The lowest BCUT2D eigenvalue weighted by Gasteiger charge is -2.11. The average molecular weight is 329 g/mol. The summed E-state index contributed by atoms with van der Waals surface area (Å²) in [6.07, 6.45) is 2.17. The molecule has 0 saturated carbocycles. The Morgan fingerprint density at radius 2 is 1.80 bits per heavy atom. The molecule has 0 saturated heterocycles. The minimum atomic E-state index is 0.881. The van der Waals surface area contributed by atoms with E-state index < -0.39 is 0 Å². The van der Waals surface area contributed by atoms with Crippen molar-refractivity contribution in [3.8, 4) is 0 Å². The summed E-state index contributed by atoms with van der Waals surface area (Å²) in [5.74, 6) is 0. The molecule has 20 heavy (non-hydrogen) atoms. The second kappa shape index (κ2) is 5.81. The van der Waals surface area contributed by atoms with Crippen molar-refractivity contribution in [3.05, 3.63) is 70.3 Å². The quantitative estimate of drug-likeness (QED) is 0.760. The maximum Gasteiger partial charge on any atom is 0.0529 e. The Morgan fingerprint density at radius 3 is 2.60 bits per heavy atom. The van der Waals surface area contributed by atoms with E-state index in [0.717, 1.165) is 17.6 Å². The van der Waals surface area contributed by atoms with Gasteiger partial charge in [-0.15, -0.1) is 0 Å². The van der Waals surface area contributed by atoms with Crippen molar-refractivity contribution < 1.29 is 0 Å². The van der Waals surface area contributed by atoms with Crippen LogP contribution >= 0.6 is 15.9 Å². The van der Waals surface area contributed by atoms with E-state index in [0.29, 0.717) is 0 Å². The van der Waals surface area contributed by atoms with Crippen molar-refractivity contribution in [2.45, 2.75) is 13.1 Å². The fourth-order valence-corrected chi connectivity index (χ4v) is 3.03. The lowest BCUT2D eigenvalue weighted by atomic mass is 10.1. The van der Waals surface area contributed by atoms with Gasteiger partial charge in [-0.25, -0.2) is 0 Å². The van der Waals surface area contributed by atoms with Crippen LogP contribution in [0.3, 0.4) is 0 Å². The topological polar surface area (TPSA) is 17.0 Å². The second-order valence-electron chi connectivity index (χ2n) is 4.92. The predicted octanol–water partition coefficient (Wildman–Crippen LogP) is 4.17. The number of halogens is 1. The first-order valence-corrected chi connectivity index (χ1v) is 7.53. The van der Waals surface area contributed by atoms with E-state index in [1.807, 2.05) is 13.1 Å². The molecule has 1 N–H and O–H groups in total. The molecule has 0 unspecified atom stereocenters. The minimum Gasteiger partial charge on any atom is -0.343 e. The molecule has 3 heteroatoms. The standard InChI is InChI=1S/C17H17BrN2/c1-19-11-14-7-4-6-13-9-10-20(17(13)14)12-15-5-2-3-8-16(15)18/h2-10,19H,11-12H2,1H3. The predicted molar refractivity (Wildman–Crippen MR) is 87.9 cm³/mol. The molecule has 2 aromatic carbocycles.